The molecule has 5 heteroatoms. The number of hydrogen-bond acceptors (Lipinski definition) is 5. The highest BCUT2D eigenvalue weighted by Gasteiger charge is 2.62. The summed E-state index contributed by atoms with van der Waals surface area (Å²) in [5, 5.41) is 0. The SMILES string of the molecule is COc1ccc(O[C@H]2[C@@H]3O[C@H]3[C@@H]3OC[C@H]2O3)cc1. The summed E-state index contributed by atoms with van der Waals surface area (Å²) in [5.41, 5.74) is 0. The molecule has 3 fully saturated rings. The van der Waals surface area contributed by atoms with Crippen LogP contribution in [0.2, 0.25) is 0 Å². The lowest BCUT2D eigenvalue weighted by atomic mass is 10.1. The Hall–Kier alpha value is -1.30. The molecule has 0 N–H and O–H groups in total. The number of epoxide rings is 1. The van der Waals surface area contributed by atoms with Gasteiger partial charge in [-0.2, -0.15) is 0 Å². The number of hydrogen-bond donors (Lipinski definition) is 0. The van der Waals surface area contributed by atoms with Crippen LogP contribution < -0.4 is 9.47 Å². The molecule has 0 radical (unpaired) electrons. The Balaban J connectivity index is 1.50. The number of rotatable bonds is 3. The summed E-state index contributed by atoms with van der Waals surface area (Å²) in [6, 6.07) is 7.52. The lowest BCUT2D eigenvalue weighted by Gasteiger charge is -2.25. The maximum absolute atomic E-state index is 5.95. The fourth-order valence-electron chi connectivity index (χ4n) is 2.57. The molecule has 0 spiro atoms. The molecular weight excluding hydrogens is 236 g/mol. The minimum atomic E-state index is -0.185. The van der Waals surface area contributed by atoms with E-state index in [1.807, 2.05) is 24.3 Å². The van der Waals surface area contributed by atoms with Crippen molar-refractivity contribution in [3.63, 3.8) is 0 Å². The number of methoxy groups -OCH3 is 1. The van der Waals surface area contributed by atoms with Gasteiger partial charge in [0.25, 0.3) is 0 Å². The van der Waals surface area contributed by atoms with E-state index in [1.165, 1.54) is 0 Å². The van der Waals surface area contributed by atoms with Crippen LogP contribution in [0.4, 0.5) is 0 Å². The zero-order valence-corrected chi connectivity index (χ0v) is 9.94. The summed E-state index contributed by atoms with van der Waals surface area (Å²) in [6.07, 6.45) is -0.135. The second kappa shape index (κ2) is 3.85. The molecule has 0 aliphatic carbocycles. The fourth-order valence-corrected chi connectivity index (χ4v) is 2.57. The van der Waals surface area contributed by atoms with E-state index in [-0.39, 0.29) is 30.7 Å². The van der Waals surface area contributed by atoms with Gasteiger partial charge >= 0.3 is 0 Å². The molecule has 0 saturated carbocycles. The summed E-state index contributed by atoms with van der Waals surface area (Å²) >= 11 is 0. The molecular formula is C13H14O5. The van der Waals surface area contributed by atoms with Crippen molar-refractivity contribution >= 4 is 0 Å². The lowest BCUT2D eigenvalue weighted by molar-refractivity contribution is -0.0989. The van der Waals surface area contributed by atoms with Gasteiger partial charge in [0, 0.05) is 0 Å². The van der Waals surface area contributed by atoms with Crippen molar-refractivity contribution in [3.05, 3.63) is 24.3 Å². The van der Waals surface area contributed by atoms with Gasteiger partial charge in [-0.05, 0) is 24.3 Å². The first kappa shape index (κ1) is 10.6. The molecule has 0 unspecified atom stereocenters. The standard InChI is InChI=1S/C13H14O5/c1-14-7-2-4-8(5-3-7)16-10-9-6-15-13(17-9)12-11(10)18-12/h2-5,9-13H,6H2,1H3/t9-,10-,11+,12-,13-/m1/s1. The first-order valence-electron chi connectivity index (χ1n) is 6.08. The van der Waals surface area contributed by atoms with Crippen molar-refractivity contribution in [3.8, 4) is 11.5 Å². The van der Waals surface area contributed by atoms with Crippen LogP contribution in [0.1, 0.15) is 0 Å². The topological polar surface area (TPSA) is 49.5 Å². The Kier molecular flexibility index (Phi) is 2.27. The van der Waals surface area contributed by atoms with Gasteiger partial charge in [-0.1, -0.05) is 0 Å². The van der Waals surface area contributed by atoms with Crippen molar-refractivity contribution in [1.29, 1.82) is 0 Å². The van der Waals surface area contributed by atoms with E-state index in [2.05, 4.69) is 0 Å². The van der Waals surface area contributed by atoms with Crippen molar-refractivity contribution in [2.24, 2.45) is 0 Å². The highest BCUT2D eigenvalue weighted by molar-refractivity contribution is 5.31. The molecule has 1 aromatic carbocycles. The fraction of sp³-hybridized carbons (Fsp3) is 0.538. The van der Waals surface area contributed by atoms with E-state index >= 15 is 0 Å². The Labute approximate surface area is 105 Å². The molecule has 0 amide bonds. The van der Waals surface area contributed by atoms with Crippen LogP contribution in [0, 0.1) is 0 Å². The molecule has 1 aromatic rings. The van der Waals surface area contributed by atoms with Crippen LogP contribution >= 0.6 is 0 Å². The summed E-state index contributed by atoms with van der Waals surface area (Å²) in [5.74, 6) is 1.61. The monoisotopic (exact) mass is 250 g/mol. The molecule has 3 aliphatic heterocycles. The molecule has 2 bridgehead atoms. The Morgan fingerprint density at radius 2 is 1.83 bits per heavy atom. The summed E-state index contributed by atoms with van der Waals surface area (Å²) in [6.45, 7) is 0.585. The molecule has 5 nitrogen and oxygen atoms in total. The second-order valence-corrected chi connectivity index (χ2v) is 4.70. The molecule has 3 aliphatic rings. The summed E-state index contributed by atoms with van der Waals surface area (Å²) in [7, 11) is 1.64. The van der Waals surface area contributed by atoms with E-state index in [4.69, 9.17) is 23.7 Å². The number of fused-ring (bicyclic) bond motifs is 4. The second-order valence-electron chi connectivity index (χ2n) is 4.70. The number of ether oxygens (including phenoxy) is 5. The Morgan fingerprint density at radius 1 is 1.06 bits per heavy atom. The highest BCUT2D eigenvalue weighted by Crippen LogP contribution is 2.43. The van der Waals surface area contributed by atoms with E-state index in [0.717, 1.165) is 11.5 Å². The summed E-state index contributed by atoms with van der Waals surface area (Å²) < 4.78 is 27.8. The van der Waals surface area contributed by atoms with Crippen molar-refractivity contribution in [1.82, 2.24) is 0 Å². The zero-order valence-electron chi connectivity index (χ0n) is 9.94. The van der Waals surface area contributed by atoms with Crippen LogP contribution in [0.25, 0.3) is 0 Å². The molecule has 18 heavy (non-hydrogen) atoms. The molecule has 96 valence electrons. The largest absolute Gasteiger partial charge is 0.497 e. The predicted molar refractivity (Wildman–Crippen MR) is 60.7 cm³/mol. The Morgan fingerprint density at radius 3 is 2.61 bits per heavy atom. The normalized spacial score (nSPS) is 40.2. The van der Waals surface area contributed by atoms with E-state index in [0.29, 0.717) is 6.61 Å². The van der Waals surface area contributed by atoms with Crippen LogP contribution in [0.5, 0.6) is 11.5 Å². The van der Waals surface area contributed by atoms with Gasteiger partial charge in [-0.15, -0.1) is 0 Å². The third-order valence-electron chi connectivity index (χ3n) is 3.59. The molecule has 5 atom stereocenters. The summed E-state index contributed by atoms with van der Waals surface area (Å²) in [4.78, 5) is 0. The number of benzene rings is 1. The zero-order chi connectivity index (χ0) is 12.1. The molecule has 4 rings (SSSR count). The van der Waals surface area contributed by atoms with Crippen LogP contribution in [-0.4, -0.2) is 44.4 Å². The molecule has 3 heterocycles. The van der Waals surface area contributed by atoms with Crippen molar-refractivity contribution < 1.29 is 23.7 Å². The van der Waals surface area contributed by atoms with Crippen molar-refractivity contribution in [2.75, 3.05) is 13.7 Å². The maximum Gasteiger partial charge on any atom is 0.187 e. The third-order valence-corrected chi connectivity index (χ3v) is 3.59. The van der Waals surface area contributed by atoms with Gasteiger partial charge in [0.1, 0.15) is 29.8 Å². The van der Waals surface area contributed by atoms with Gasteiger partial charge < -0.3 is 23.7 Å². The van der Waals surface area contributed by atoms with Crippen LogP contribution in [-0.2, 0) is 14.2 Å². The lowest BCUT2D eigenvalue weighted by Crippen LogP contribution is -2.43. The highest BCUT2D eigenvalue weighted by atomic mass is 16.8. The van der Waals surface area contributed by atoms with Gasteiger partial charge in [0.15, 0.2) is 12.4 Å². The van der Waals surface area contributed by atoms with E-state index in [1.54, 1.807) is 7.11 Å². The molecule has 0 aromatic heterocycles. The average molecular weight is 250 g/mol. The van der Waals surface area contributed by atoms with Gasteiger partial charge in [0.05, 0.1) is 13.7 Å². The van der Waals surface area contributed by atoms with Crippen LogP contribution in [0.3, 0.4) is 0 Å². The first-order valence-corrected chi connectivity index (χ1v) is 6.08. The maximum atomic E-state index is 5.95. The van der Waals surface area contributed by atoms with E-state index in [9.17, 15) is 0 Å². The van der Waals surface area contributed by atoms with Gasteiger partial charge in [0.2, 0.25) is 0 Å². The van der Waals surface area contributed by atoms with E-state index < -0.39 is 0 Å². The Bertz CT molecular complexity index is 445. The smallest absolute Gasteiger partial charge is 0.187 e. The van der Waals surface area contributed by atoms with Crippen LogP contribution in [0.15, 0.2) is 24.3 Å². The van der Waals surface area contributed by atoms with Crippen molar-refractivity contribution in [2.45, 2.75) is 30.7 Å². The quantitative estimate of drug-likeness (QED) is 0.748. The third kappa shape index (κ3) is 1.59. The predicted octanol–water partition coefficient (Wildman–Crippen LogP) is 0.965. The first-order chi connectivity index (χ1) is 8.85. The van der Waals surface area contributed by atoms with Gasteiger partial charge in [-0.25, -0.2) is 0 Å². The molecule has 3 saturated heterocycles. The minimum absolute atomic E-state index is 0.0270. The minimum Gasteiger partial charge on any atom is -0.497 e. The van der Waals surface area contributed by atoms with Gasteiger partial charge in [-0.3, -0.25) is 0 Å². The average Bonchev–Trinajstić information content (AvgIpc) is 3.10.